The molecule has 3 aromatic carbocycles. The molecule has 5 rings (SSSR count). The van der Waals surface area contributed by atoms with Crippen LogP contribution in [0.3, 0.4) is 0 Å². The Morgan fingerprint density at radius 2 is 1.16 bits per heavy atom. The van der Waals surface area contributed by atoms with Crippen LogP contribution in [0.4, 0.5) is 17.1 Å². The summed E-state index contributed by atoms with van der Waals surface area (Å²) in [5.74, 6) is -0.629. The zero-order chi connectivity index (χ0) is 54.3. The van der Waals surface area contributed by atoms with E-state index in [1.807, 2.05) is 85.2 Å². The van der Waals surface area contributed by atoms with Gasteiger partial charge in [0.1, 0.15) is 6.04 Å². The van der Waals surface area contributed by atoms with Crippen molar-refractivity contribution in [1.82, 2.24) is 19.8 Å². The van der Waals surface area contributed by atoms with Gasteiger partial charge in [-0.1, -0.05) is 56.1 Å². The van der Waals surface area contributed by atoms with Crippen molar-refractivity contribution in [2.24, 2.45) is 5.73 Å². The number of aliphatic hydroxyl groups is 1. The van der Waals surface area contributed by atoms with E-state index < -0.39 is 22.7 Å². The Kier molecular flexibility index (Phi) is 32.4. The van der Waals surface area contributed by atoms with Crippen molar-refractivity contribution < 1.29 is 24.9 Å². The molecule has 0 amide bonds. The highest BCUT2D eigenvalue weighted by Crippen LogP contribution is 2.27. The van der Waals surface area contributed by atoms with Gasteiger partial charge in [0, 0.05) is 105 Å². The minimum absolute atomic E-state index is 0.215. The molecule has 0 saturated carbocycles. The van der Waals surface area contributed by atoms with E-state index in [0.717, 1.165) is 121 Å². The molecule has 0 radical (unpaired) electrons. The fourth-order valence-electron chi connectivity index (χ4n) is 7.71. The largest absolute Gasteiger partial charge is 0.481 e. The van der Waals surface area contributed by atoms with Gasteiger partial charge in [0.2, 0.25) is 0 Å². The summed E-state index contributed by atoms with van der Waals surface area (Å²) in [5, 5.41) is 36.8. The van der Waals surface area contributed by atoms with Crippen molar-refractivity contribution in [2.75, 3.05) is 86.3 Å². The summed E-state index contributed by atoms with van der Waals surface area (Å²) in [6.45, 7) is 22.3. The molecule has 2 aromatic heterocycles. The zero-order valence-corrected chi connectivity index (χ0v) is 47.9. The van der Waals surface area contributed by atoms with E-state index in [2.05, 4.69) is 82.5 Å². The van der Waals surface area contributed by atoms with Gasteiger partial charge in [0.05, 0.1) is 17.6 Å². The molecule has 5 aromatic rings. The third-order valence-corrected chi connectivity index (χ3v) is 13.2. The van der Waals surface area contributed by atoms with Crippen LogP contribution < -0.4 is 21.3 Å². The van der Waals surface area contributed by atoms with Crippen LogP contribution in [-0.2, 0) is 16.0 Å². The number of pyridine rings is 2. The molecule has 73 heavy (non-hydrogen) atoms. The first-order valence-electron chi connectivity index (χ1n) is 25.4. The molecule has 0 spiro atoms. The SMILES string of the molecule is CC(C)(S)[C@@H](N)C(=O)O.CCN(CC)CCCC(C)Nc1ccnc2cc(Cl)ccc12.CCN(CCO)CCCC(C)Nc1ccnc2cc(Cl)ccc12.O=C(O)CCCc1ccc(N(CCCl)CCCl)cc1. The maximum absolute atomic E-state index is 10.4. The van der Waals surface area contributed by atoms with Crippen LogP contribution >= 0.6 is 59.0 Å². The van der Waals surface area contributed by atoms with E-state index in [1.165, 1.54) is 13.0 Å². The first kappa shape index (κ1) is 65.3. The van der Waals surface area contributed by atoms with Crippen molar-refractivity contribution in [3.8, 4) is 0 Å². The van der Waals surface area contributed by atoms with Crippen LogP contribution in [0.2, 0.25) is 10.0 Å². The Labute approximate surface area is 460 Å². The molecule has 0 bridgehead atoms. The molecule has 0 fully saturated rings. The van der Waals surface area contributed by atoms with E-state index in [1.54, 1.807) is 13.8 Å². The van der Waals surface area contributed by atoms with Crippen molar-refractivity contribution in [3.05, 3.63) is 101 Å². The smallest absolute Gasteiger partial charge is 0.321 e. The topological polar surface area (TPSA) is 180 Å². The number of nitrogens with two attached hydrogens (primary N) is 1. The number of benzene rings is 3. The second kappa shape index (κ2) is 36.2. The quantitative estimate of drug-likeness (QED) is 0.0186. The third kappa shape index (κ3) is 26.0. The van der Waals surface area contributed by atoms with Gasteiger partial charge < -0.3 is 46.4 Å². The Bertz CT molecular complexity index is 2320. The van der Waals surface area contributed by atoms with Gasteiger partial charge in [0.15, 0.2) is 0 Å². The lowest BCUT2D eigenvalue weighted by Gasteiger charge is -2.23. The van der Waals surface area contributed by atoms with Crippen LogP contribution in [0.15, 0.2) is 85.2 Å². The normalized spacial score (nSPS) is 12.4. The molecular weight excluding hydrogens is 1030 g/mol. The van der Waals surface area contributed by atoms with Crippen LogP contribution in [0.25, 0.3) is 21.8 Å². The summed E-state index contributed by atoms with van der Waals surface area (Å²) in [6.07, 6.45) is 9.89. The molecule has 2 heterocycles. The number of aryl methyl sites for hydroxylation is 1. The maximum atomic E-state index is 10.4. The summed E-state index contributed by atoms with van der Waals surface area (Å²) >= 11 is 27.6. The number of nitrogens with one attached hydrogen (secondary N) is 2. The summed E-state index contributed by atoms with van der Waals surface area (Å²) in [4.78, 5) is 36.3. The lowest BCUT2D eigenvalue weighted by molar-refractivity contribution is -0.139. The van der Waals surface area contributed by atoms with Crippen LogP contribution in [-0.4, -0.2) is 141 Å². The van der Waals surface area contributed by atoms with Gasteiger partial charge in [-0.15, -0.1) is 23.2 Å². The highest BCUT2D eigenvalue weighted by Gasteiger charge is 2.27. The van der Waals surface area contributed by atoms with Gasteiger partial charge in [-0.3, -0.25) is 19.6 Å². The first-order chi connectivity index (χ1) is 34.8. The lowest BCUT2D eigenvalue weighted by atomic mass is 10.1. The predicted molar refractivity (Wildman–Crippen MR) is 314 cm³/mol. The lowest BCUT2D eigenvalue weighted by Crippen LogP contribution is -2.45. The number of thiol groups is 1. The molecule has 2 unspecified atom stereocenters. The van der Waals surface area contributed by atoms with Gasteiger partial charge in [-0.2, -0.15) is 12.6 Å². The molecule has 0 saturated heterocycles. The number of carboxylic acids is 2. The van der Waals surface area contributed by atoms with E-state index >= 15 is 0 Å². The third-order valence-electron chi connectivity index (χ3n) is 12.1. The van der Waals surface area contributed by atoms with Crippen LogP contribution in [0, 0.1) is 0 Å². The second-order valence-corrected chi connectivity index (χ2v) is 21.1. The maximum Gasteiger partial charge on any atom is 0.321 e. The summed E-state index contributed by atoms with van der Waals surface area (Å²) in [5.41, 5.74) is 11.6. The fraction of sp³-hybridized carbons (Fsp3) is 0.527. The Morgan fingerprint density at radius 1 is 0.699 bits per heavy atom. The number of carbonyl (C=O) groups is 2. The summed E-state index contributed by atoms with van der Waals surface area (Å²) in [6, 6.07) is 23.8. The number of carboxylic acid groups (broad SMARTS) is 2. The monoisotopic (exact) mass is 1110 g/mol. The van der Waals surface area contributed by atoms with Crippen LogP contribution in [0.1, 0.15) is 92.6 Å². The molecule has 7 N–H and O–H groups in total. The summed E-state index contributed by atoms with van der Waals surface area (Å²) < 4.78 is -0.647. The van der Waals surface area contributed by atoms with E-state index in [0.29, 0.717) is 35.3 Å². The number of nitrogens with zero attached hydrogens (tertiary/aromatic N) is 5. The van der Waals surface area contributed by atoms with E-state index in [-0.39, 0.29) is 13.0 Å². The Balaban J connectivity index is 0.000000347. The number of halogens is 4. The molecule has 0 aliphatic rings. The predicted octanol–water partition coefficient (Wildman–Crippen LogP) is 12.1. The number of alkyl halides is 2. The standard InChI is InChI=1S/C18H26ClN3O.C18H26ClN3.C14H19Cl2NO2.C5H11NO2S/c1-3-22(11-12-23)10-4-5-14(2)21-17-8-9-20-18-13-15(19)6-7-16(17)18;1-4-22(5-2)12-6-7-14(3)21-17-10-11-20-18-13-15(19)8-9-16(17)18;15-8-10-17(11-9-16)13-6-4-12(5-7-13)2-1-3-14(18)19;1-5(2,9)3(6)4(7)8/h6-9,13-14,23H,3-5,10-12H2,1-2H3,(H,20,21);8-11,13-14H,4-7,12H2,1-3H3,(H,20,21);4-7H,1-3,8-11H2,(H,18,19);3,9H,6H2,1-2H3,(H,7,8)/t;;;3-/m...0/s1. The molecule has 13 nitrogen and oxygen atoms in total. The molecule has 3 atom stereocenters. The van der Waals surface area contributed by atoms with E-state index in [4.69, 9.17) is 67.5 Å². The Hall–Kier alpha value is -3.83. The number of likely N-dealkylation sites (N-methyl/N-ethyl adjacent to an activating group) is 1. The minimum atomic E-state index is -1.02. The van der Waals surface area contributed by atoms with Gasteiger partial charge in [0.25, 0.3) is 0 Å². The van der Waals surface area contributed by atoms with Crippen molar-refractivity contribution in [3.63, 3.8) is 0 Å². The van der Waals surface area contributed by atoms with E-state index in [9.17, 15) is 9.59 Å². The molecular formula is C55H82Cl4N8O5S. The van der Waals surface area contributed by atoms with Crippen molar-refractivity contribution in [1.29, 1.82) is 0 Å². The number of hydrogen-bond donors (Lipinski definition) is 7. The Morgan fingerprint density at radius 3 is 1.55 bits per heavy atom. The number of aliphatic carboxylic acids is 2. The molecule has 406 valence electrons. The van der Waals surface area contributed by atoms with Crippen molar-refractivity contribution in [2.45, 2.75) is 116 Å². The van der Waals surface area contributed by atoms with Gasteiger partial charge in [-0.05, 0) is 165 Å². The van der Waals surface area contributed by atoms with Crippen molar-refractivity contribution >= 4 is 110 Å². The number of aliphatic hydroxyl groups excluding tert-OH is 1. The zero-order valence-electron chi connectivity index (χ0n) is 44.0. The van der Waals surface area contributed by atoms with Gasteiger partial charge in [-0.25, -0.2) is 0 Å². The number of aromatic nitrogens is 2. The number of rotatable bonds is 28. The molecule has 0 aliphatic carbocycles. The number of fused-ring (bicyclic) bond motifs is 2. The number of hydrogen-bond acceptors (Lipinski definition) is 12. The minimum Gasteiger partial charge on any atom is -0.481 e. The fourth-order valence-corrected chi connectivity index (χ4v) is 8.57. The highest BCUT2D eigenvalue weighted by molar-refractivity contribution is 7.81. The average Bonchev–Trinajstić information content (AvgIpc) is 3.35. The summed E-state index contributed by atoms with van der Waals surface area (Å²) in [7, 11) is 0. The second-order valence-electron chi connectivity index (χ2n) is 18.3. The molecule has 0 aliphatic heterocycles. The number of anilines is 3. The van der Waals surface area contributed by atoms with Crippen LogP contribution in [0.5, 0.6) is 0 Å². The first-order valence-corrected chi connectivity index (χ1v) is 27.6. The van der Waals surface area contributed by atoms with Gasteiger partial charge >= 0.3 is 11.9 Å². The average molecular weight is 1110 g/mol. The highest BCUT2D eigenvalue weighted by atomic mass is 35.5. The molecule has 18 heteroatoms.